The van der Waals surface area contributed by atoms with Crippen molar-refractivity contribution in [1.29, 1.82) is 0 Å². The van der Waals surface area contributed by atoms with Crippen molar-refractivity contribution < 1.29 is 21.8 Å². The van der Waals surface area contributed by atoms with Gasteiger partial charge in [-0.2, -0.15) is 0 Å². The normalized spacial score (nSPS) is 11.4. The Hall–Kier alpha value is -1.68. The quantitative estimate of drug-likeness (QED) is 0.404. The van der Waals surface area contributed by atoms with E-state index in [1.165, 1.54) is 16.7 Å². The molecule has 2 rings (SSSR count). The van der Waals surface area contributed by atoms with Crippen LogP contribution >= 0.6 is 21.4 Å². The highest BCUT2D eigenvalue weighted by atomic mass is 35.7. The molecule has 0 unspecified atom stereocenters. The van der Waals surface area contributed by atoms with Crippen LogP contribution in [0.5, 0.6) is 0 Å². The number of non-ortho nitro benzene ring substituents is 1. The number of hydrogen-bond donors (Lipinski definition) is 0. The summed E-state index contributed by atoms with van der Waals surface area (Å²) in [6.07, 6.45) is 0. The van der Waals surface area contributed by atoms with Crippen molar-refractivity contribution in [3.63, 3.8) is 0 Å². The van der Waals surface area contributed by atoms with Crippen LogP contribution in [0, 0.1) is 30.9 Å². The summed E-state index contributed by atoms with van der Waals surface area (Å²) in [6, 6.07) is 8.46. The summed E-state index contributed by atoms with van der Waals surface area (Å²) >= 11 is 0. The van der Waals surface area contributed by atoms with Crippen LogP contribution in [0.4, 0.5) is 5.69 Å². The fourth-order valence-corrected chi connectivity index (χ4v) is 3.81. The van der Waals surface area contributed by atoms with Crippen LogP contribution in [0.25, 0.3) is 0 Å². The van der Waals surface area contributed by atoms with E-state index in [9.17, 15) is 26.9 Å². The van der Waals surface area contributed by atoms with E-state index in [0.29, 0.717) is 18.2 Å². The minimum Gasteiger partial charge on any atom is -0.258 e. The molecule has 0 fully saturated rings. The summed E-state index contributed by atoms with van der Waals surface area (Å²) in [5.74, 6) is 0. The molecule has 0 spiro atoms. The Bertz CT molecular complexity index is 949. The molecule has 0 heterocycles. The average Bonchev–Trinajstić information content (AvgIpc) is 2.44. The summed E-state index contributed by atoms with van der Waals surface area (Å²) in [5.41, 5.74) is 3.32. The molecule has 0 radical (unpaired) electrons. The van der Waals surface area contributed by atoms with Crippen molar-refractivity contribution in [2.45, 2.75) is 30.6 Å². The monoisotopic (exact) mass is 439 g/mol. The molecule has 7 nitrogen and oxygen atoms in total. The first-order valence-corrected chi connectivity index (χ1v) is 11.6. The molecule has 0 aliphatic heterocycles. The maximum atomic E-state index is 11.0. The van der Waals surface area contributed by atoms with Gasteiger partial charge in [0.15, 0.2) is 0 Å². The first kappa shape index (κ1) is 22.4. The molecule has 0 saturated heterocycles. The largest absolute Gasteiger partial charge is 0.272 e. The van der Waals surface area contributed by atoms with Gasteiger partial charge in [0.05, 0.1) is 14.7 Å². The zero-order chi connectivity index (χ0) is 20.3. The number of hydrogen-bond acceptors (Lipinski definition) is 6. The predicted molar refractivity (Wildman–Crippen MR) is 99.8 cm³/mol. The van der Waals surface area contributed by atoms with Crippen LogP contribution in [-0.4, -0.2) is 21.8 Å². The van der Waals surface area contributed by atoms with Crippen LogP contribution in [0.15, 0.2) is 46.2 Å². The van der Waals surface area contributed by atoms with E-state index in [1.807, 2.05) is 0 Å². The number of aryl methyl sites for hydroxylation is 3. The highest BCUT2D eigenvalue weighted by Gasteiger charge is 2.22. The van der Waals surface area contributed by atoms with Crippen LogP contribution in [0.1, 0.15) is 16.7 Å². The Balaban J connectivity index is 0.000000314. The molecule has 0 aliphatic rings. The van der Waals surface area contributed by atoms with Gasteiger partial charge in [0.25, 0.3) is 23.8 Å². The van der Waals surface area contributed by atoms with Crippen molar-refractivity contribution >= 4 is 45.2 Å². The lowest BCUT2D eigenvalue weighted by atomic mass is 10.1. The van der Waals surface area contributed by atoms with Gasteiger partial charge in [0, 0.05) is 33.5 Å². The predicted octanol–water partition coefficient (Wildman–Crippen LogP) is 4.06. The van der Waals surface area contributed by atoms with Crippen molar-refractivity contribution in [3.8, 4) is 0 Å². The third-order valence-electron chi connectivity index (χ3n) is 3.00. The summed E-state index contributed by atoms with van der Waals surface area (Å²) < 4.78 is 44.0. The number of nitrogens with zero attached hydrogens (tertiary/aromatic N) is 1. The van der Waals surface area contributed by atoms with Gasteiger partial charge in [-0.15, -0.1) is 0 Å². The summed E-state index contributed by atoms with van der Waals surface area (Å²) in [7, 11) is 1.34. The van der Waals surface area contributed by atoms with Crippen LogP contribution < -0.4 is 0 Å². The molecule has 142 valence electrons. The first-order chi connectivity index (χ1) is 11.7. The summed E-state index contributed by atoms with van der Waals surface area (Å²) in [5, 5.41) is 10.5. The molecule has 2 aromatic carbocycles. The van der Waals surface area contributed by atoms with E-state index in [1.54, 1.807) is 0 Å². The third-order valence-corrected chi connectivity index (χ3v) is 5.67. The fourth-order valence-electron chi connectivity index (χ4n) is 2.15. The molecule has 0 atom stereocenters. The second-order valence-electron chi connectivity index (χ2n) is 5.46. The van der Waals surface area contributed by atoms with Crippen LogP contribution in [0.3, 0.4) is 0 Å². The van der Waals surface area contributed by atoms with Crippen molar-refractivity contribution in [2.75, 3.05) is 0 Å². The Morgan fingerprint density at radius 2 is 1.04 bits per heavy atom. The topological polar surface area (TPSA) is 111 Å². The van der Waals surface area contributed by atoms with Gasteiger partial charge >= 0.3 is 0 Å². The van der Waals surface area contributed by atoms with E-state index >= 15 is 0 Å². The van der Waals surface area contributed by atoms with Gasteiger partial charge in [-0.25, -0.2) is 16.8 Å². The number of rotatable bonds is 3. The number of nitro benzene ring substituents is 1. The van der Waals surface area contributed by atoms with Gasteiger partial charge in [0.1, 0.15) is 0 Å². The van der Waals surface area contributed by atoms with Gasteiger partial charge in [0.2, 0.25) is 0 Å². The third kappa shape index (κ3) is 6.91. The number of nitro groups is 1. The van der Waals surface area contributed by atoms with E-state index in [-0.39, 0.29) is 0 Å². The smallest absolute Gasteiger partial charge is 0.258 e. The van der Waals surface area contributed by atoms with Gasteiger partial charge < -0.3 is 0 Å². The van der Waals surface area contributed by atoms with E-state index in [4.69, 9.17) is 21.4 Å². The Morgan fingerprint density at radius 3 is 1.27 bits per heavy atom. The Kier molecular flexibility index (Phi) is 7.17. The second-order valence-corrected chi connectivity index (χ2v) is 10.6. The van der Waals surface area contributed by atoms with Gasteiger partial charge in [-0.05, 0) is 26.8 Å². The first-order valence-electron chi connectivity index (χ1n) is 6.94. The zero-order valence-corrected chi connectivity index (χ0v) is 17.1. The average molecular weight is 440 g/mol. The maximum absolute atomic E-state index is 11.0. The molecule has 0 aromatic heterocycles. The molecule has 0 bridgehead atoms. The fraction of sp³-hybridized carbons (Fsp3) is 0.200. The summed E-state index contributed by atoms with van der Waals surface area (Å²) in [4.78, 5) is 8.10. The van der Waals surface area contributed by atoms with E-state index < -0.39 is 38.5 Å². The molecular weight excluding hydrogens is 425 g/mol. The number of halogens is 2. The highest BCUT2D eigenvalue weighted by Crippen LogP contribution is 2.27. The minimum atomic E-state index is -4.30. The Morgan fingerprint density at radius 1 is 0.731 bits per heavy atom. The number of benzene rings is 2. The molecular formula is C15H15Cl2NO6S2. The second kappa shape index (κ2) is 8.34. The van der Waals surface area contributed by atoms with E-state index in [2.05, 4.69) is 39.0 Å². The SMILES string of the molecule is Cc1cc(C)cc(C)c1.O=[N+]([O-])c1cc(S(=O)(=O)Cl)cc(S(=O)(=O)Cl)c1. The van der Waals surface area contributed by atoms with Crippen LogP contribution in [0.2, 0.25) is 0 Å². The molecule has 11 heteroatoms. The molecule has 26 heavy (non-hydrogen) atoms. The standard InChI is InChI=1S/C9H12.C6H3Cl2NO6S2/c1-7-4-8(2)6-9(3)5-7;7-16(12,13)5-1-4(9(10)11)2-6(3-5)17(8,14)15/h4-6H,1-3H3;1-3H. The van der Waals surface area contributed by atoms with Gasteiger partial charge in [-0.1, -0.05) is 34.9 Å². The lowest BCUT2D eigenvalue weighted by Gasteiger charge is -2.00. The molecule has 0 N–H and O–H groups in total. The summed E-state index contributed by atoms with van der Waals surface area (Å²) in [6.45, 7) is 6.38. The van der Waals surface area contributed by atoms with E-state index in [0.717, 1.165) is 0 Å². The molecule has 0 saturated carbocycles. The lowest BCUT2D eigenvalue weighted by molar-refractivity contribution is -0.385. The highest BCUT2D eigenvalue weighted by molar-refractivity contribution is 8.14. The molecule has 0 amide bonds. The van der Waals surface area contributed by atoms with Crippen molar-refractivity contribution in [3.05, 3.63) is 63.2 Å². The van der Waals surface area contributed by atoms with Gasteiger partial charge in [-0.3, -0.25) is 10.1 Å². The lowest BCUT2D eigenvalue weighted by Crippen LogP contribution is -1.99. The van der Waals surface area contributed by atoms with Crippen LogP contribution in [-0.2, 0) is 18.1 Å². The Labute approximate surface area is 160 Å². The van der Waals surface area contributed by atoms with Crippen molar-refractivity contribution in [2.24, 2.45) is 0 Å². The van der Waals surface area contributed by atoms with Crippen molar-refractivity contribution in [1.82, 2.24) is 0 Å². The maximum Gasteiger partial charge on any atom is 0.272 e. The zero-order valence-electron chi connectivity index (χ0n) is 13.9. The molecule has 0 aliphatic carbocycles. The molecule has 2 aromatic rings. The minimum absolute atomic E-state index is 0.633.